The number of benzene rings is 1. The summed E-state index contributed by atoms with van der Waals surface area (Å²) in [6.45, 7) is 3.33. The molecule has 0 aliphatic heterocycles. The maximum atomic E-state index is 10.1. The van der Waals surface area contributed by atoms with Gasteiger partial charge in [-0.05, 0) is 26.0 Å². The minimum absolute atomic E-state index is 0.439. The molecule has 3 aromatic rings. The van der Waals surface area contributed by atoms with Gasteiger partial charge in [0.05, 0.1) is 11.4 Å². The predicted molar refractivity (Wildman–Crippen MR) is 71.2 cm³/mol. The standard InChI is InChI=1S/C14H14N2O2/c1-14(2,17)13-9(15)7-11-12(16-13)8-5-3-4-6-10(8)18-11/h3-7,17H,15H2,1-2H3. The van der Waals surface area contributed by atoms with E-state index in [0.717, 1.165) is 16.5 Å². The van der Waals surface area contributed by atoms with Gasteiger partial charge in [0.25, 0.3) is 0 Å². The summed E-state index contributed by atoms with van der Waals surface area (Å²) >= 11 is 0. The molecule has 0 unspecified atom stereocenters. The van der Waals surface area contributed by atoms with Crippen molar-refractivity contribution in [2.45, 2.75) is 19.4 Å². The molecule has 0 bridgehead atoms. The molecule has 0 fully saturated rings. The second-order valence-corrected chi connectivity index (χ2v) is 4.93. The van der Waals surface area contributed by atoms with E-state index >= 15 is 0 Å². The van der Waals surface area contributed by atoms with E-state index < -0.39 is 5.60 Å². The van der Waals surface area contributed by atoms with Gasteiger partial charge in [0, 0.05) is 11.5 Å². The van der Waals surface area contributed by atoms with E-state index in [1.165, 1.54) is 0 Å². The Hall–Kier alpha value is -2.07. The number of rotatable bonds is 1. The van der Waals surface area contributed by atoms with Gasteiger partial charge in [-0.2, -0.15) is 0 Å². The van der Waals surface area contributed by atoms with Crippen molar-refractivity contribution in [2.75, 3.05) is 5.73 Å². The first kappa shape index (κ1) is 11.0. The molecule has 3 rings (SSSR count). The zero-order valence-corrected chi connectivity index (χ0v) is 10.3. The molecule has 0 saturated carbocycles. The van der Waals surface area contributed by atoms with Crippen LogP contribution in [-0.2, 0) is 5.60 Å². The number of hydrogen-bond acceptors (Lipinski definition) is 4. The zero-order chi connectivity index (χ0) is 12.9. The van der Waals surface area contributed by atoms with Crippen LogP contribution in [0.25, 0.3) is 22.1 Å². The average molecular weight is 242 g/mol. The topological polar surface area (TPSA) is 72.3 Å². The summed E-state index contributed by atoms with van der Waals surface area (Å²) in [5.74, 6) is 0. The molecule has 2 aromatic heterocycles. The Morgan fingerprint density at radius 3 is 2.67 bits per heavy atom. The Morgan fingerprint density at radius 1 is 1.22 bits per heavy atom. The minimum atomic E-state index is -1.07. The van der Waals surface area contributed by atoms with E-state index in [-0.39, 0.29) is 0 Å². The molecule has 92 valence electrons. The minimum Gasteiger partial charge on any atom is -0.454 e. The van der Waals surface area contributed by atoms with Crippen molar-refractivity contribution in [3.8, 4) is 0 Å². The van der Waals surface area contributed by atoms with Gasteiger partial charge >= 0.3 is 0 Å². The van der Waals surface area contributed by atoms with Crippen LogP contribution < -0.4 is 5.73 Å². The second-order valence-electron chi connectivity index (χ2n) is 4.93. The van der Waals surface area contributed by atoms with Gasteiger partial charge in [-0.25, -0.2) is 4.98 Å². The lowest BCUT2D eigenvalue weighted by Crippen LogP contribution is -2.19. The van der Waals surface area contributed by atoms with Crippen LogP contribution in [0.15, 0.2) is 34.7 Å². The van der Waals surface area contributed by atoms with Crippen molar-refractivity contribution in [3.63, 3.8) is 0 Å². The number of anilines is 1. The normalized spacial score (nSPS) is 12.4. The quantitative estimate of drug-likeness (QED) is 0.688. The fourth-order valence-corrected chi connectivity index (χ4v) is 2.14. The molecule has 3 N–H and O–H groups in total. The van der Waals surface area contributed by atoms with E-state index in [0.29, 0.717) is 17.0 Å². The third-order valence-electron chi connectivity index (χ3n) is 2.96. The number of nitrogens with zero attached hydrogens (tertiary/aromatic N) is 1. The molecule has 0 aliphatic rings. The summed E-state index contributed by atoms with van der Waals surface area (Å²) in [6.07, 6.45) is 0. The van der Waals surface area contributed by atoms with Gasteiger partial charge in [-0.3, -0.25) is 0 Å². The predicted octanol–water partition coefficient (Wildman–Crippen LogP) is 2.79. The van der Waals surface area contributed by atoms with Crippen LogP contribution in [0.1, 0.15) is 19.5 Å². The van der Waals surface area contributed by atoms with E-state index in [4.69, 9.17) is 10.2 Å². The van der Waals surface area contributed by atoms with E-state index in [9.17, 15) is 5.11 Å². The third-order valence-corrected chi connectivity index (χ3v) is 2.96. The molecule has 0 atom stereocenters. The molecule has 4 nitrogen and oxygen atoms in total. The highest BCUT2D eigenvalue weighted by Crippen LogP contribution is 2.32. The first-order valence-electron chi connectivity index (χ1n) is 5.77. The Labute approximate surface area is 104 Å². The Morgan fingerprint density at radius 2 is 1.94 bits per heavy atom. The third kappa shape index (κ3) is 1.54. The van der Waals surface area contributed by atoms with Crippen LogP contribution in [0.4, 0.5) is 5.69 Å². The Balaban J connectivity index is 2.43. The van der Waals surface area contributed by atoms with Gasteiger partial charge in [0.15, 0.2) is 5.58 Å². The second kappa shape index (κ2) is 3.46. The van der Waals surface area contributed by atoms with Crippen molar-refractivity contribution in [2.24, 2.45) is 0 Å². The Kier molecular flexibility index (Phi) is 2.12. The summed E-state index contributed by atoms with van der Waals surface area (Å²) in [5.41, 5.74) is 7.90. The average Bonchev–Trinajstić information content (AvgIpc) is 2.63. The van der Waals surface area contributed by atoms with Gasteiger partial charge in [-0.15, -0.1) is 0 Å². The van der Waals surface area contributed by atoms with E-state index in [1.54, 1.807) is 19.9 Å². The van der Waals surface area contributed by atoms with Crippen LogP contribution in [0.5, 0.6) is 0 Å². The number of nitrogens with two attached hydrogens (primary N) is 1. The van der Waals surface area contributed by atoms with E-state index in [2.05, 4.69) is 4.98 Å². The zero-order valence-electron chi connectivity index (χ0n) is 10.3. The smallest absolute Gasteiger partial charge is 0.155 e. The van der Waals surface area contributed by atoms with Crippen molar-refractivity contribution < 1.29 is 9.52 Å². The molecule has 1 aromatic carbocycles. The van der Waals surface area contributed by atoms with Gasteiger partial charge in [0.1, 0.15) is 16.7 Å². The first-order chi connectivity index (χ1) is 8.47. The number of para-hydroxylation sites is 1. The molecular formula is C14H14N2O2. The highest BCUT2D eigenvalue weighted by atomic mass is 16.3. The number of fused-ring (bicyclic) bond motifs is 3. The van der Waals surface area contributed by atoms with Crippen molar-refractivity contribution >= 4 is 27.8 Å². The number of aromatic nitrogens is 1. The highest BCUT2D eigenvalue weighted by molar-refractivity contribution is 6.03. The molecule has 0 saturated heterocycles. The Bertz CT molecular complexity index is 738. The van der Waals surface area contributed by atoms with Gasteiger partial charge in [0.2, 0.25) is 0 Å². The molecule has 0 amide bonds. The fraction of sp³-hybridized carbons (Fsp3) is 0.214. The number of nitrogen functional groups attached to an aromatic ring is 1. The molecule has 0 aliphatic carbocycles. The monoisotopic (exact) mass is 242 g/mol. The largest absolute Gasteiger partial charge is 0.454 e. The van der Waals surface area contributed by atoms with Crippen LogP contribution >= 0.6 is 0 Å². The SMILES string of the molecule is CC(C)(O)c1nc2c(cc1N)oc1ccccc12. The maximum absolute atomic E-state index is 10.1. The first-order valence-corrected chi connectivity index (χ1v) is 5.77. The van der Waals surface area contributed by atoms with E-state index in [1.807, 2.05) is 24.3 Å². The van der Waals surface area contributed by atoms with Crippen LogP contribution in [0.2, 0.25) is 0 Å². The summed E-state index contributed by atoms with van der Waals surface area (Å²) < 4.78 is 5.68. The molecule has 18 heavy (non-hydrogen) atoms. The van der Waals surface area contributed by atoms with Crippen LogP contribution in [0, 0.1) is 0 Å². The fourth-order valence-electron chi connectivity index (χ4n) is 2.14. The van der Waals surface area contributed by atoms with Crippen molar-refractivity contribution in [1.29, 1.82) is 0 Å². The molecule has 2 heterocycles. The van der Waals surface area contributed by atoms with Gasteiger partial charge in [-0.1, -0.05) is 12.1 Å². The lowest BCUT2D eigenvalue weighted by atomic mass is 10.0. The van der Waals surface area contributed by atoms with Crippen molar-refractivity contribution in [1.82, 2.24) is 4.98 Å². The molecular weight excluding hydrogens is 228 g/mol. The number of hydrogen-bond donors (Lipinski definition) is 2. The van der Waals surface area contributed by atoms with Crippen LogP contribution in [0.3, 0.4) is 0 Å². The summed E-state index contributed by atoms with van der Waals surface area (Å²) in [6, 6.07) is 9.38. The lowest BCUT2D eigenvalue weighted by molar-refractivity contribution is 0.0751. The van der Waals surface area contributed by atoms with Crippen LogP contribution in [-0.4, -0.2) is 10.1 Å². The van der Waals surface area contributed by atoms with Crippen molar-refractivity contribution in [3.05, 3.63) is 36.0 Å². The number of aliphatic hydroxyl groups is 1. The molecule has 0 radical (unpaired) electrons. The molecule has 0 spiro atoms. The maximum Gasteiger partial charge on any atom is 0.155 e. The van der Waals surface area contributed by atoms with Gasteiger partial charge < -0.3 is 15.3 Å². The number of furan rings is 1. The highest BCUT2D eigenvalue weighted by Gasteiger charge is 2.23. The summed E-state index contributed by atoms with van der Waals surface area (Å²) in [7, 11) is 0. The number of pyridine rings is 1. The summed E-state index contributed by atoms with van der Waals surface area (Å²) in [4.78, 5) is 4.47. The summed E-state index contributed by atoms with van der Waals surface area (Å²) in [5, 5.41) is 11.0. The molecule has 4 heteroatoms. The lowest BCUT2D eigenvalue weighted by Gasteiger charge is -2.18.